The summed E-state index contributed by atoms with van der Waals surface area (Å²) < 4.78 is 39.2. The molecule has 0 aromatic heterocycles. The molecule has 0 saturated carbocycles. The molecule has 1 aliphatic rings. The minimum Gasteiger partial charge on any atom is -0.508 e. The summed E-state index contributed by atoms with van der Waals surface area (Å²) in [6.45, 7) is 9.60. The van der Waals surface area contributed by atoms with Crippen LogP contribution in [0.4, 0.5) is 0 Å². The Morgan fingerprint density at radius 1 is 1.32 bits per heavy atom. The van der Waals surface area contributed by atoms with Gasteiger partial charge in [0, 0.05) is 6.54 Å². The van der Waals surface area contributed by atoms with Gasteiger partial charge >= 0.3 is 0 Å². The lowest BCUT2D eigenvalue weighted by atomic mass is 9.97. The Balaban J connectivity index is 2.45. The molecule has 0 bridgehead atoms. The number of ether oxygens (including phenoxy) is 2. The van der Waals surface area contributed by atoms with Crippen molar-refractivity contribution in [2.75, 3.05) is 13.2 Å². The first-order chi connectivity index (χ1) is 11.3. The van der Waals surface area contributed by atoms with Gasteiger partial charge in [-0.15, -0.1) is 0 Å². The third-order valence-corrected chi connectivity index (χ3v) is 5.99. The minimum absolute atomic E-state index is 0.00407. The zero-order chi connectivity index (χ0) is 19.0. The summed E-state index contributed by atoms with van der Waals surface area (Å²) >= 11 is 5.44. The van der Waals surface area contributed by atoms with E-state index in [9.17, 15) is 13.5 Å². The molecule has 6 nitrogen and oxygen atoms in total. The molecule has 0 spiro atoms. The maximum atomic E-state index is 13.1. The molecule has 8 heteroatoms. The fourth-order valence-electron chi connectivity index (χ4n) is 2.72. The number of thiocarbonyl (C=S) groups is 1. The van der Waals surface area contributed by atoms with E-state index < -0.39 is 27.3 Å². The first-order valence-corrected chi connectivity index (χ1v) is 9.87. The SMILES string of the molecule is CC(C)(C)OC(=S)[C@H]1N(S(=O)(=O)c2ccc(O)cc2)CCOC1(C)C. The second-order valence-corrected chi connectivity index (χ2v) is 9.79. The standard InChI is InChI=1S/C17H25NO5S2/c1-16(2,3)23-15(24)14-17(4,5)22-11-10-18(14)25(20,21)13-8-6-12(19)7-9-13/h6-9,14,19H,10-11H2,1-5H3/t14-/m1/s1. The maximum Gasteiger partial charge on any atom is 0.243 e. The molecule has 1 aromatic carbocycles. The van der Waals surface area contributed by atoms with Crippen LogP contribution in [0.1, 0.15) is 34.6 Å². The number of phenolic OH excluding ortho intramolecular Hbond substituents is 1. The van der Waals surface area contributed by atoms with Crippen LogP contribution in [0.3, 0.4) is 0 Å². The van der Waals surface area contributed by atoms with Crippen molar-refractivity contribution in [1.29, 1.82) is 0 Å². The van der Waals surface area contributed by atoms with Crippen molar-refractivity contribution >= 4 is 27.3 Å². The molecule has 1 aliphatic heterocycles. The molecule has 1 saturated heterocycles. The highest BCUT2D eigenvalue weighted by atomic mass is 32.2. The second kappa shape index (κ2) is 6.83. The molecule has 2 rings (SSSR count). The van der Waals surface area contributed by atoms with E-state index in [0.29, 0.717) is 0 Å². The Morgan fingerprint density at radius 2 is 1.88 bits per heavy atom. The van der Waals surface area contributed by atoms with Gasteiger partial charge in [-0.2, -0.15) is 4.31 Å². The number of sulfonamides is 1. The lowest BCUT2D eigenvalue weighted by molar-refractivity contribution is -0.0887. The fourth-order valence-corrected chi connectivity index (χ4v) is 5.15. The van der Waals surface area contributed by atoms with Crippen LogP contribution in [0.5, 0.6) is 5.75 Å². The Labute approximate surface area is 154 Å². The normalized spacial score (nSPS) is 21.7. The highest BCUT2D eigenvalue weighted by Crippen LogP contribution is 2.32. The first kappa shape index (κ1) is 20.1. The molecule has 1 heterocycles. The molecular weight excluding hydrogens is 362 g/mol. The fraction of sp³-hybridized carbons (Fsp3) is 0.588. The summed E-state index contributed by atoms with van der Waals surface area (Å²) in [6.07, 6.45) is 0. The number of rotatable bonds is 3. The number of nitrogens with zero attached hydrogens (tertiary/aromatic N) is 1. The predicted octanol–water partition coefficient (Wildman–Crippen LogP) is 2.70. The molecule has 1 atom stereocenters. The number of hydrogen-bond acceptors (Lipinski definition) is 6. The second-order valence-electron chi connectivity index (χ2n) is 7.50. The molecule has 25 heavy (non-hydrogen) atoms. The summed E-state index contributed by atoms with van der Waals surface area (Å²) in [6, 6.07) is 4.69. The number of benzene rings is 1. The van der Waals surface area contributed by atoms with Gasteiger partial charge in [-0.25, -0.2) is 8.42 Å². The van der Waals surface area contributed by atoms with Gasteiger partial charge in [0.25, 0.3) is 0 Å². The summed E-state index contributed by atoms with van der Waals surface area (Å²) in [4.78, 5) is 0.0894. The summed E-state index contributed by atoms with van der Waals surface area (Å²) in [5.41, 5.74) is -1.37. The van der Waals surface area contributed by atoms with E-state index in [0.717, 1.165) is 0 Å². The van der Waals surface area contributed by atoms with Gasteiger partial charge in [-0.3, -0.25) is 0 Å². The summed E-state index contributed by atoms with van der Waals surface area (Å²) in [5, 5.41) is 9.59. The van der Waals surface area contributed by atoms with E-state index in [2.05, 4.69) is 0 Å². The van der Waals surface area contributed by atoms with Crippen molar-refractivity contribution in [1.82, 2.24) is 4.31 Å². The van der Waals surface area contributed by atoms with Gasteiger partial charge in [0.2, 0.25) is 10.0 Å². The zero-order valence-corrected chi connectivity index (χ0v) is 16.8. The van der Waals surface area contributed by atoms with Gasteiger partial charge in [0.05, 0.1) is 17.1 Å². The zero-order valence-electron chi connectivity index (χ0n) is 15.1. The third-order valence-electron chi connectivity index (χ3n) is 3.81. The largest absolute Gasteiger partial charge is 0.508 e. The topological polar surface area (TPSA) is 76.1 Å². The van der Waals surface area contributed by atoms with Crippen molar-refractivity contribution < 1.29 is 23.0 Å². The highest BCUT2D eigenvalue weighted by Gasteiger charge is 2.48. The van der Waals surface area contributed by atoms with Crippen LogP contribution < -0.4 is 0 Å². The smallest absolute Gasteiger partial charge is 0.243 e. The molecule has 0 aliphatic carbocycles. The van der Waals surface area contributed by atoms with E-state index in [1.54, 1.807) is 13.8 Å². The monoisotopic (exact) mass is 387 g/mol. The average Bonchev–Trinajstić information content (AvgIpc) is 2.44. The highest BCUT2D eigenvalue weighted by molar-refractivity contribution is 7.89. The Morgan fingerprint density at radius 3 is 2.40 bits per heavy atom. The maximum absolute atomic E-state index is 13.1. The average molecular weight is 388 g/mol. The van der Waals surface area contributed by atoms with Crippen LogP contribution in [0.25, 0.3) is 0 Å². The van der Waals surface area contributed by atoms with Crippen molar-refractivity contribution in [3.8, 4) is 5.75 Å². The van der Waals surface area contributed by atoms with Crippen LogP contribution in [-0.2, 0) is 19.5 Å². The molecule has 1 N–H and O–H groups in total. The lowest BCUT2D eigenvalue weighted by Crippen LogP contribution is -2.62. The molecule has 1 aromatic rings. The number of morpholine rings is 1. The van der Waals surface area contributed by atoms with Crippen molar-refractivity contribution in [2.24, 2.45) is 0 Å². The minimum atomic E-state index is -3.82. The Hall–Kier alpha value is -1.22. The molecule has 140 valence electrons. The Bertz CT molecular complexity index is 735. The van der Waals surface area contributed by atoms with Gasteiger partial charge in [-0.05, 0) is 71.1 Å². The summed E-state index contributed by atoms with van der Waals surface area (Å²) in [7, 11) is -3.82. The van der Waals surface area contributed by atoms with E-state index in [4.69, 9.17) is 21.7 Å². The van der Waals surface area contributed by atoms with Crippen LogP contribution in [0.15, 0.2) is 29.2 Å². The van der Waals surface area contributed by atoms with Crippen molar-refractivity contribution in [3.05, 3.63) is 24.3 Å². The van der Waals surface area contributed by atoms with E-state index in [-0.39, 0.29) is 28.8 Å². The number of aromatic hydroxyl groups is 1. The van der Waals surface area contributed by atoms with Crippen LogP contribution in [0, 0.1) is 0 Å². The molecule has 0 unspecified atom stereocenters. The van der Waals surface area contributed by atoms with Gasteiger partial charge < -0.3 is 14.6 Å². The molecule has 1 fully saturated rings. The lowest BCUT2D eigenvalue weighted by Gasteiger charge is -2.45. The van der Waals surface area contributed by atoms with Crippen molar-refractivity contribution in [3.63, 3.8) is 0 Å². The van der Waals surface area contributed by atoms with E-state index in [1.165, 1.54) is 28.6 Å². The van der Waals surface area contributed by atoms with Gasteiger partial charge in [0.15, 0.2) is 5.05 Å². The van der Waals surface area contributed by atoms with Gasteiger partial charge in [0.1, 0.15) is 17.4 Å². The molecule has 0 amide bonds. The van der Waals surface area contributed by atoms with E-state index >= 15 is 0 Å². The Kier molecular flexibility index (Phi) is 5.49. The summed E-state index contributed by atoms with van der Waals surface area (Å²) in [5.74, 6) is 0.00407. The third kappa shape index (κ3) is 4.49. The van der Waals surface area contributed by atoms with E-state index in [1.807, 2.05) is 20.8 Å². The quantitative estimate of drug-likeness (QED) is 0.804. The predicted molar refractivity (Wildman–Crippen MR) is 99.3 cm³/mol. The van der Waals surface area contributed by atoms with Gasteiger partial charge in [-0.1, -0.05) is 0 Å². The molecular formula is C17H25NO5S2. The van der Waals surface area contributed by atoms with Crippen molar-refractivity contribution in [2.45, 2.75) is 56.8 Å². The first-order valence-electron chi connectivity index (χ1n) is 8.02. The van der Waals surface area contributed by atoms with Crippen LogP contribution in [0.2, 0.25) is 0 Å². The molecule has 0 radical (unpaired) electrons. The van der Waals surface area contributed by atoms with Crippen LogP contribution in [-0.4, -0.2) is 53.3 Å². The van der Waals surface area contributed by atoms with Crippen LogP contribution >= 0.6 is 12.2 Å². The number of hydrogen-bond donors (Lipinski definition) is 1. The number of phenols is 1.